The van der Waals surface area contributed by atoms with E-state index in [1.54, 1.807) is 24.3 Å². The van der Waals surface area contributed by atoms with Gasteiger partial charge in [0.2, 0.25) is 10.9 Å². The summed E-state index contributed by atoms with van der Waals surface area (Å²) in [6.45, 7) is 0. The van der Waals surface area contributed by atoms with Gasteiger partial charge in [-0.1, -0.05) is 11.8 Å². The Kier molecular flexibility index (Phi) is 12.5. The van der Waals surface area contributed by atoms with Gasteiger partial charge in [-0.3, -0.25) is 25.0 Å². The summed E-state index contributed by atoms with van der Waals surface area (Å²) >= 11 is 0. The average molecular weight is 693 g/mol. The maximum atomic E-state index is 12.9. The minimum absolute atomic E-state index is 0. The number of hydrogen-bond donors (Lipinski definition) is 3. The van der Waals surface area contributed by atoms with Crippen LogP contribution in [0.5, 0.6) is 5.75 Å². The molecule has 3 N–H and O–H groups in total. The van der Waals surface area contributed by atoms with Crippen molar-refractivity contribution in [2.75, 3.05) is 10.9 Å². The molecule has 0 aliphatic carbocycles. The van der Waals surface area contributed by atoms with E-state index in [0.717, 1.165) is 30.3 Å². The quantitative estimate of drug-likeness (QED) is 0.0612. The van der Waals surface area contributed by atoms with Crippen LogP contribution in [-0.2, 0) is 20.2 Å². The van der Waals surface area contributed by atoms with E-state index < -0.39 is 47.1 Å². The molecule has 15 nitrogen and oxygen atoms in total. The molecule has 0 saturated carbocycles. The molecule has 0 aromatic heterocycles. The molecular weight excluding hydrogens is 674 g/mol. The number of rotatable bonds is 8. The molecule has 0 amide bonds. The monoisotopic (exact) mass is 692 g/mol. The molecule has 0 fully saturated rings. The standard InChI is InChI=1S/C28H20N6O9S2.2Na/c35-25-12-11-24(33-31-18-3-1-17(2-4-18)29-30-19-5-8-21(9-6-19)44(38,39)40)28(37)27(25)34-32-20-7-10-23-16(13-20)14-22(15-26(23)36)45(41,42)43;;/h1-15,31-32,36H,(H,38,39,40)(H,41,42,43);;/q;2*+1/p-2/b30-29?,33-24+,34-27-;;. The summed E-state index contributed by atoms with van der Waals surface area (Å²) in [5.41, 5.74) is 5.18. The summed E-state index contributed by atoms with van der Waals surface area (Å²) < 4.78 is 65.3. The van der Waals surface area contributed by atoms with E-state index in [2.05, 4.69) is 31.3 Å². The predicted molar refractivity (Wildman–Crippen MR) is 158 cm³/mol. The van der Waals surface area contributed by atoms with Crippen LogP contribution in [0.25, 0.3) is 10.8 Å². The number of nitrogens with zero attached hydrogens (tertiary/aromatic N) is 4. The molecule has 0 atom stereocenters. The van der Waals surface area contributed by atoms with Crippen LogP contribution in [0.3, 0.4) is 0 Å². The van der Waals surface area contributed by atoms with Crippen LogP contribution in [0.4, 0.5) is 22.7 Å². The van der Waals surface area contributed by atoms with Gasteiger partial charge >= 0.3 is 59.1 Å². The first kappa shape index (κ1) is 37.8. The molecule has 0 radical (unpaired) electrons. The molecule has 0 aliphatic rings. The summed E-state index contributed by atoms with van der Waals surface area (Å²) in [4.78, 5) is 24.3. The molecule has 0 bridgehead atoms. The first-order valence-electron chi connectivity index (χ1n) is 12.5. The molecule has 47 heavy (non-hydrogen) atoms. The third kappa shape index (κ3) is 9.48. The Hall–Kier alpha value is -3.62. The summed E-state index contributed by atoms with van der Waals surface area (Å²) in [5, 5.41) is 27.9. The first-order chi connectivity index (χ1) is 21.3. The average Bonchev–Trinajstić information content (AvgIpc) is 2.99. The molecular formula is C28H18N6Na2O9S2. The topological polar surface area (TPSA) is 242 Å². The number of hydrogen-bond acceptors (Lipinski definition) is 14. The summed E-state index contributed by atoms with van der Waals surface area (Å²) in [7, 11) is -9.19. The van der Waals surface area contributed by atoms with Gasteiger partial charge in [0.25, 0.3) is 10.1 Å². The van der Waals surface area contributed by atoms with E-state index >= 15 is 0 Å². The van der Waals surface area contributed by atoms with Crippen LogP contribution >= 0.6 is 0 Å². The van der Waals surface area contributed by atoms with Crippen molar-refractivity contribution in [3.8, 4) is 5.75 Å². The second kappa shape index (κ2) is 15.5. The van der Waals surface area contributed by atoms with Gasteiger partial charge in [-0.15, -0.1) is 0 Å². The number of benzene rings is 5. The zero-order valence-electron chi connectivity index (χ0n) is 24.5. The van der Waals surface area contributed by atoms with E-state index in [-0.39, 0.29) is 85.8 Å². The van der Waals surface area contributed by atoms with E-state index in [9.17, 15) is 40.6 Å². The Bertz CT molecular complexity index is 2430. The van der Waals surface area contributed by atoms with Crippen LogP contribution < -0.4 is 96.6 Å². The summed E-state index contributed by atoms with van der Waals surface area (Å²) in [5.74, 6) is -0.627. The molecule has 0 aliphatic heterocycles. The molecule has 5 aromatic carbocycles. The number of nitrogens with one attached hydrogen (secondary N) is 2. The van der Waals surface area contributed by atoms with Gasteiger partial charge in [0.15, 0.2) is 5.36 Å². The van der Waals surface area contributed by atoms with Crippen molar-refractivity contribution in [3.05, 3.63) is 122 Å². The van der Waals surface area contributed by atoms with E-state index in [0.29, 0.717) is 17.1 Å². The normalized spacial score (nSPS) is 12.5. The SMILES string of the molecule is O=c1cc/c(=N\Nc2ccc(N=Nc3ccc(S(=O)(=O)[O-])cc3)cc2)c(=O)/c1=N\Nc1ccc2c([O-])cc(S(=O)(=O)O)cc2c1.[Na+].[Na+]. The number of anilines is 2. The third-order valence-corrected chi connectivity index (χ3v) is 7.82. The molecule has 0 saturated heterocycles. The second-order valence-electron chi connectivity index (χ2n) is 9.24. The molecule has 0 unspecified atom stereocenters. The molecule has 5 aromatic rings. The van der Waals surface area contributed by atoms with Crippen LogP contribution in [0.2, 0.25) is 0 Å². The van der Waals surface area contributed by atoms with Crippen molar-refractivity contribution in [2.45, 2.75) is 9.79 Å². The fourth-order valence-electron chi connectivity index (χ4n) is 3.91. The molecule has 0 spiro atoms. The third-order valence-electron chi connectivity index (χ3n) is 6.14. The van der Waals surface area contributed by atoms with Crippen molar-refractivity contribution in [1.82, 2.24) is 0 Å². The minimum atomic E-state index is -4.62. The van der Waals surface area contributed by atoms with Gasteiger partial charge in [-0.25, -0.2) is 8.42 Å². The number of azo groups is 1. The minimum Gasteiger partial charge on any atom is -0.872 e. The van der Waals surface area contributed by atoms with E-state index in [1.807, 2.05) is 0 Å². The summed E-state index contributed by atoms with van der Waals surface area (Å²) in [6, 6.07) is 19.7. The van der Waals surface area contributed by atoms with Crippen molar-refractivity contribution >= 4 is 53.8 Å². The smallest absolute Gasteiger partial charge is 0.872 e. The fraction of sp³-hybridized carbons (Fsp3) is 0. The van der Waals surface area contributed by atoms with Gasteiger partial charge in [-0.05, 0) is 95.7 Å². The predicted octanol–water partition coefficient (Wildman–Crippen LogP) is -4.06. The van der Waals surface area contributed by atoms with Crippen molar-refractivity contribution in [1.29, 1.82) is 0 Å². The summed E-state index contributed by atoms with van der Waals surface area (Å²) in [6.07, 6.45) is 0. The van der Waals surface area contributed by atoms with Gasteiger partial charge in [0.1, 0.15) is 15.5 Å². The Labute approximate surface area is 310 Å². The maximum absolute atomic E-state index is 12.9. The Morgan fingerprint density at radius 3 is 1.83 bits per heavy atom. The van der Waals surface area contributed by atoms with Crippen LogP contribution in [0.1, 0.15) is 0 Å². The zero-order valence-corrected chi connectivity index (χ0v) is 30.1. The molecule has 228 valence electrons. The molecule has 0 heterocycles. The van der Waals surface area contributed by atoms with Gasteiger partial charge in [0, 0.05) is 0 Å². The maximum Gasteiger partial charge on any atom is 1.00 e. The Balaban J connectivity index is 0.00000300. The van der Waals surface area contributed by atoms with Crippen LogP contribution in [0, 0.1) is 0 Å². The van der Waals surface area contributed by atoms with Crippen LogP contribution in [0.15, 0.2) is 131 Å². The van der Waals surface area contributed by atoms with Crippen molar-refractivity contribution in [3.63, 3.8) is 0 Å². The molecule has 19 heteroatoms. The second-order valence-corrected chi connectivity index (χ2v) is 12.0. The van der Waals surface area contributed by atoms with E-state index in [1.165, 1.54) is 36.4 Å². The Morgan fingerprint density at radius 2 is 1.23 bits per heavy atom. The number of fused-ring (bicyclic) bond motifs is 1. The van der Waals surface area contributed by atoms with Crippen LogP contribution in [-0.4, -0.2) is 25.9 Å². The van der Waals surface area contributed by atoms with Crippen molar-refractivity contribution in [2.24, 2.45) is 20.4 Å². The van der Waals surface area contributed by atoms with Gasteiger partial charge in [-0.2, -0.15) is 28.8 Å². The van der Waals surface area contributed by atoms with E-state index in [4.69, 9.17) is 0 Å². The Morgan fingerprint density at radius 1 is 0.660 bits per heavy atom. The van der Waals surface area contributed by atoms with Crippen molar-refractivity contribution < 1.29 is 90.2 Å². The molecule has 5 rings (SSSR count). The first-order valence-corrected chi connectivity index (χ1v) is 15.4. The van der Waals surface area contributed by atoms with Gasteiger partial charge < -0.3 is 9.66 Å². The fourth-order valence-corrected chi connectivity index (χ4v) is 4.91. The largest absolute Gasteiger partial charge is 1.00 e. The van der Waals surface area contributed by atoms with Gasteiger partial charge in [0.05, 0.1) is 32.5 Å². The zero-order chi connectivity index (χ0) is 32.4.